The van der Waals surface area contributed by atoms with E-state index in [0.717, 1.165) is 18.9 Å². The molecule has 1 heterocycles. The molecule has 1 fully saturated rings. The van der Waals surface area contributed by atoms with Gasteiger partial charge >= 0.3 is 0 Å². The zero-order chi connectivity index (χ0) is 12.4. The van der Waals surface area contributed by atoms with Crippen molar-refractivity contribution in [3.05, 3.63) is 0 Å². The van der Waals surface area contributed by atoms with E-state index in [4.69, 9.17) is 0 Å². The largest absolute Gasteiger partial charge is 0.396 e. The van der Waals surface area contributed by atoms with E-state index in [1.807, 2.05) is 0 Å². The molecular formula is C14H29NO. The zero-order valence-electron chi connectivity index (χ0n) is 11.7. The maximum absolute atomic E-state index is 9.44. The molecule has 2 nitrogen and oxygen atoms in total. The quantitative estimate of drug-likeness (QED) is 0.798. The van der Waals surface area contributed by atoms with Gasteiger partial charge < -0.3 is 10.0 Å². The van der Waals surface area contributed by atoms with Gasteiger partial charge in [-0.25, -0.2) is 0 Å². The first-order valence-electron chi connectivity index (χ1n) is 6.64. The number of rotatable bonds is 4. The van der Waals surface area contributed by atoms with E-state index in [1.165, 1.54) is 19.5 Å². The molecule has 2 atom stereocenters. The molecule has 0 saturated carbocycles. The summed E-state index contributed by atoms with van der Waals surface area (Å²) in [5, 5.41) is 9.44. The highest BCUT2D eigenvalue weighted by atomic mass is 16.3. The van der Waals surface area contributed by atoms with Crippen LogP contribution in [0.15, 0.2) is 0 Å². The molecule has 1 aliphatic rings. The summed E-state index contributed by atoms with van der Waals surface area (Å²) >= 11 is 0. The van der Waals surface area contributed by atoms with Crippen molar-refractivity contribution in [1.82, 2.24) is 4.90 Å². The number of hydrogen-bond donors (Lipinski definition) is 1. The van der Waals surface area contributed by atoms with Crippen molar-refractivity contribution in [2.45, 2.75) is 47.5 Å². The van der Waals surface area contributed by atoms with Gasteiger partial charge in [0.1, 0.15) is 0 Å². The summed E-state index contributed by atoms with van der Waals surface area (Å²) in [6, 6.07) is 0. The van der Waals surface area contributed by atoms with E-state index in [1.54, 1.807) is 0 Å². The van der Waals surface area contributed by atoms with Gasteiger partial charge in [-0.1, -0.05) is 34.6 Å². The third-order valence-electron chi connectivity index (χ3n) is 4.34. The van der Waals surface area contributed by atoms with E-state index in [2.05, 4.69) is 39.5 Å². The van der Waals surface area contributed by atoms with Crippen LogP contribution in [-0.2, 0) is 0 Å². The number of nitrogens with zero attached hydrogens (tertiary/aromatic N) is 1. The summed E-state index contributed by atoms with van der Waals surface area (Å²) < 4.78 is 0. The van der Waals surface area contributed by atoms with Crippen LogP contribution in [0.1, 0.15) is 47.5 Å². The Hall–Kier alpha value is -0.0800. The van der Waals surface area contributed by atoms with Gasteiger partial charge in [0.05, 0.1) is 0 Å². The SMILES string of the molecule is CCC(C)(CO)CN1CCC(C(C)(C)C)C1. The van der Waals surface area contributed by atoms with Gasteiger partial charge in [-0.15, -0.1) is 0 Å². The van der Waals surface area contributed by atoms with Crippen molar-refractivity contribution >= 4 is 0 Å². The van der Waals surface area contributed by atoms with Gasteiger partial charge in [0.25, 0.3) is 0 Å². The van der Waals surface area contributed by atoms with E-state index < -0.39 is 0 Å². The molecule has 0 radical (unpaired) electrons. The molecule has 1 N–H and O–H groups in total. The third-order valence-corrected chi connectivity index (χ3v) is 4.34. The fraction of sp³-hybridized carbons (Fsp3) is 1.00. The van der Waals surface area contributed by atoms with Crippen molar-refractivity contribution in [2.24, 2.45) is 16.7 Å². The van der Waals surface area contributed by atoms with Gasteiger partial charge in [0.15, 0.2) is 0 Å². The van der Waals surface area contributed by atoms with Gasteiger partial charge in [-0.05, 0) is 30.7 Å². The Labute approximate surface area is 101 Å². The normalized spacial score (nSPS) is 27.0. The van der Waals surface area contributed by atoms with Gasteiger partial charge in [0.2, 0.25) is 0 Å². The summed E-state index contributed by atoms with van der Waals surface area (Å²) in [7, 11) is 0. The second-order valence-electron chi connectivity index (χ2n) is 6.91. The van der Waals surface area contributed by atoms with E-state index in [0.29, 0.717) is 12.0 Å². The summed E-state index contributed by atoms with van der Waals surface area (Å²) in [6.07, 6.45) is 2.37. The van der Waals surface area contributed by atoms with Crippen LogP contribution in [0.2, 0.25) is 0 Å². The standard InChI is InChI=1S/C14H29NO/c1-6-14(5,11-16)10-15-8-7-12(9-15)13(2,3)4/h12,16H,6-11H2,1-5H3. The summed E-state index contributed by atoms with van der Waals surface area (Å²) in [4.78, 5) is 2.54. The molecule has 0 spiro atoms. The number of aliphatic hydroxyl groups is 1. The lowest BCUT2D eigenvalue weighted by molar-refractivity contribution is 0.0899. The van der Waals surface area contributed by atoms with Crippen LogP contribution in [-0.4, -0.2) is 36.2 Å². The molecule has 0 aromatic heterocycles. The minimum Gasteiger partial charge on any atom is -0.396 e. The van der Waals surface area contributed by atoms with Crippen LogP contribution in [0.4, 0.5) is 0 Å². The Balaban J connectivity index is 2.48. The minimum atomic E-state index is 0.0901. The van der Waals surface area contributed by atoms with Crippen LogP contribution in [0.25, 0.3) is 0 Å². The van der Waals surface area contributed by atoms with Gasteiger partial charge in [0, 0.05) is 25.1 Å². The predicted molar refractivity (Wildman–Crippen MR) is 69.5 cm³/mol. The van der Waals surface area contributed by atoms with Crippen molar-refractivity contribution in [2.75, 3.05) is 26.2 Å². The first-order chi connectivity index (χ1) is 7.30. The average Bonchev–Trinajstić information content (AvgIpc) is 2.65. The van der Waals surface area contributed by atoms with Gasteiger partial charge in [-0.2, -0.15) is 0 Å². The number of likely N-dealkylation sites (tertiary alicyclic amines) is 1. The predicted octanol–water partition coefficient (Wildman–Crippen LogP) is 2.76. The number of aliphatic hydroxyl groups excluding tert-OH is 1. The van der Waals surface area contributed by atoms with Crippen molar-refractivity contribution < 1.29 is 5.11 Å². The van der Waals surface area contributed by atoms with Gasteiger partial charge in [-0.3, -0.25) is 0 Å². The molecule has 0 aliphatic carbocycles. The maximum atomic E-state index is 9.44. The third kappa shape index (κ3) is 3.46. The zero-order valence-corrected chi connectivity index (χ0v) is 11.7. The van der Waals surface area contributed by atoms with Crippen LogP contribution < -0.4 is 0 Å². The lowest BCUT2D eigenvalue weighted by Gasteiger charge is -2.32. The van der Waals surface area contributed by atoms with E-state index in [9.17, 15) is 5.11 Å². The molecule has 16 heavy (non-hydrogen) atoms. The fourth-order valence-corrected chi connectivity index (χ4v) is 2.50. The summed E-state index contributed by atoms with van der Waals surface area (Å²) in [5.41, 5.74) is 0.517. The lowest BCUT2D eigenvalue weighted by Crippen LogP contribution is -2.37. The van der Waals surface area contributed by atoms with Crippen molar-refractivity contribution in [3.8, 4) is 0 Å². The fourth-order valence-electron chi connectivity index (χ4n) is 2.50. The highest BCUT2D eigenvalue weighted by molar-refractivity contribution is 4.87. The molecule has 1 aliphatic heterocycles. The summed E-state index contributed by atoms with van der Waals surface area (Å²) in [5.74, 6) is 0.812. The van der Waals surface area contributed by atoms with E-state index in [-0.39, 0.29) is 5.41 Å². The average molecular weight is 227 g/mol. The molecule has 0 bridgehead atoms. The molecule has 1 saturated heterocycles. The smallest absolute Gasteiger partial charge is 0.0496 e. The molecule has 0 aromatic carbocycles. The molecule has 1 rings (SSSR count). The molecule has 96 valence electrons. The molecular weight excluding hydrogens is 198 g/mol. The highest BCUT2D eigenvalue weighted by Gasteiger charge is 2.34. The number of hydrogen-bond acceptors (Lipinski definition) is 2. The van der Waals surface area contributed by atoms with Crippen LogP contribution in [0, 0.1) is 16.7 Å². The minimum absolute atomic E-state index is 0.0901. The highest BCUT2D eigenvalue weighted by Crippen LogP contribution is 2.35. The lowest BCUT2D eigenvalue weighted by atomic mass is 9.80. The Morgan fingerprint density at radius 3 is 2.25 bits per heavy atom. The van der Waals surface area contributed by atoms with E-state index >= 15 is 0 Å². The van der Waals surface area contributed by atoms with Crippen LogP contribution in [0.3, 0.4) is 0 Å². The first kappa shape index (κ1) is 14.0. The summed E-state index contributed by atoms with van der Waals surface area (Å²) in [6.45, 7) is 15.2. The molecule has 0 amide bonds. The first-order valence-corrected chi connectivity index (χ1v) is 6.64. The Morgan fingerprint density at radius 2 is 1.88 bits per heavy atom. The topological polar surface area (TPSA) is 23.5 Å². The second kappa shape index (κ2) is 5.05. The second-order valence-corrected chi connectivity index (χ2v) is 6.91. The maximum Gasteiger partial charge on any atom is 0.0496 e. The Kier molecular flexibility index (Phi) is 4.42. The monoisotopic (exact) mass is 227 g/mol. The van der Waals surface area contributed by atoms with Crippen molar-refractivity contribution in [3.63, 3.8) is 0 Å². The molecule has 0 aromatic rings. The van der Waals surface area contributed by atoms with Crippen LogP contribution in [0.5, 0.6) is 0 Å². The van der Waals surface area contributed by atoms with Crippen LogP contribution >= 0.6 is 0 Å². The molecule has 2 unspecified atom stereocenters. The molecule has 2 heteroatoms. The Bertz CT molecular complexity index is 215. The van der Waals surface area contributed by atoms with Crippen molar-refractivity contribution in [1.29, 1.82) is 0 Å². The Morgan fingerprint density at radius 1 is 1.25 bits per heavy atom.